The Hall–Kier alpha value is -1.31. The Labute approximate surface area is 91.9 Å². The molecule has 0 aliphatic rings. The summed E-state index contributed by atoms with van der Waals surface area (Å²) in [4.78, 5) is 13.6. The van der Waals surface area contributed by atoms with Crippen LogP contribution in [0.3, 0.4) is 0 Å². The summed E-state index contributed by atoms with van der Waals surface area (Å²) in [6.45, 7) is 5.96. The topological polar surface area (TPSA) is 20.3 Å². The molecule has 82 valence electrons. The molecule has 0 fully saturated rings. The van der Waals surface area contributed by atoms with Crippen LogP contribution in [0.15, 0.2) is 24.3 Å². The lowest BCUT2D eigenvalue weighted by Crippen LogP contribution is -2.39. The van der Waals surface area contributed by atoms with Crippen LogP contribution in [-0.2, 0) is 10.2 Å². The monoisotopic (exact) mass is 205 g/mol. The van der Waals surface area contributed by atoms with Crippen molar-refractivity contribution in [3.05, 3.63) is 35.4 Å². The van der Waals surface area contributed by atoms with E-state index in [1.165, 1.54) is 5.56 Å². The van der Waals surface area contributed by atoms with Crippen LogP contribution in [0.4, 0.5) is 0 Å². The number of amides is 1. The summed E-state index contributed by atoms with van der Waals surface area (Å²) < 4.78 is 0. The molecule has 2 nitrogen and oxygen atoms in total. The zero-order valence-electron chi connectivity index (χ0n) is 10.2. The molecule has 0 bridgehead atoms. The van der Waals surface area contributed by atoms with Crippen molar-refractivity contribution in [1.29, 1.82) is 0 Å². The minimum atomic E-state index is -0.447. The molecular formula is C13H19NO. The molecule has 0 saturated heterocycles. The molecule has 1 rings (SSSR count). The van der Waals surface area contributed by atoms with Crippen molar-refractivity contribution >= 4 is 5.91 Å². The molecule has 1 amide bonds. The first-order valence-corrected chi connectivity index (χ1v) is 5.14. The van der Waals surface area contributed by atoms with Crippen molar-refractivity contribution in [2.24, 2.45) is 0 Å². The standard InChI is InChI=1S/C13H19NO/c1-10-6-8-11(9-7-10)13(2,3)12(15)14(4)5/h6-9H,1-5H3. The largest absolute Gasteiger partial charge is 0.348 e. The van der Waals surface area contributed by atoms with Crippen molar-refractivity contribution in [2.75, 3.05) is 14.1 Å². The van der Waals surface area contributed by atoms with Crippen LogP contribution in [0.1, 0.15) is 25.0 Å². The fourth-order valence-electron chi connectivity index (χ4n) is 1.65. The molecule has 0 heterocycles. The number of carbonyl (C=O) groups is 1. The molecule has 0 radical (unpaired) electrons. The summed E-state index contributed by atoms with van der Waals surface area (Å²) in [5, 5.41) is 0. The van der Waals surface area contributed by atoms with Crippen molar-refractivity contribution in [2.45, 2.75) is 26.2 Å². The molecule has 2 heteroatoms. The van der Waals surface area contributed by atoms with E-state index >= 15 is 0 Å². The Kier molecular flexibility index (Phi) is 3.18. The molecule has 1 aromatic carbocycles. The van der Waals surface area contributed by atoms with Crippen LogP contribution in [0, 0.1) is 6.92 Å². The number of rotatable bonds is 2. The highest BCUT2D eigenvalue weighted by molar-refractivity contribution is 5.86. The Morgan fingerprint density at radius 1 is 1.13 bits per heavy atom. The average Bonchev–Trinajstić information content (AvgIpc) is 2.17. The van der Waals surface area contributed by atoms with Gasteiger partial charge in [-0.15, -0.1) is 0 Å². The third kappa shape index (κ3) is 2.38. The van der Waals surface area contributed by atoms with Gasteiger partial charge in [-0.1, -0.05) is 29.8 Å². The molecule has 0 saturated carbocycles. The zero-order valence-corrected chi connectivity index (χ0v) is 10.2. The van der Waals surface area contributed by atoms with Gasteiger partial charge in [0.25, 0.3) is 0 Å². The molecule has 0 unspecified atom stereocenters. The van der Waals surface area contributed by atoms with Crippen LogP contribution in [-0.4, -0.2) is 24.9 Å². The maximum atomic E-state index is 12.0. The minimum absolute atomic E-state index is 0.131. The van der Waals surface area contributed by atoms with E-state index in [2.05, 4.69) is 0 Å². The van der Waals surface area contributed by atoms with Crippen LogP contribution in [0.2, 0.25) is 0 Å². The number of hydrogen-bond donors (Lipinski definition) is 0. The molecule has 0 N–H and O–H groups in total. The minimum Gasteiger partial charge on any atom is -0.348 e. The first-order valence-electron chi connectivity index (χ1n) is 5.14. The Morgan fingerprint density at radius 2 is 1.60 bits per heavy atom. The van der Waals surface area contributed by atoms with E-state index in [4.69, 9.17) is 0 Å². The molecule has 0 aliphatic carbocycles. The highest BCUT2D eigenvalue weighted by atomic mass is 16.2. The Balaban J connectivity index is 3.05. The lowest BCUT2D eigenvalue weighted by atomic mass is 9.83. The van der Waals surface area contributed by atoms with Crippen LogP contribution in [0.5, 0.6) is 0 Å². The summed E-state index contributed by atoms with van der Waals surface area (Å²) in [5.74, 6) is 0.131. The predicted molar refractivity (Wildman–Crippen MR) is 62.9 cm³/mol. The quantitative estimate of drug-likeness (QED) is 0.726. The van der Waals surface area contributed by atoms with Gasteiger partial charge in [-0.25, -0.2) is 0 Å². The van der Waals surface area contributed by atoms with E-state index < -0.39 is 5.41 Å². The number of hydrogen-bond acceptors (Lipinski definition) is 1. The summed E-state index contributed by atoms with van der Waals surface area (Å²) in [5.41, 5.74) is 1.83. The summed E-state index contributed by atoms with van der Waals surface area (Å²) >= 11 is 0. The second-order valence-electron chi connectivity index (χ2n) is 4.69. The van der Waals surface area contributed by atoms with Crippen molar-refractivity contribution in [3.63, 3.8) is 0 Å². The number of carbonyl (C=O) groups excluding carboxylic acids is 1. The van der Waals surface area contributed by atoms with Crippen LogP contribution in [0.25, 0.3) is 0 Å². The van der Waals surface area contributed by atoms with Gasteiger partial charge in [0.15, 0.2) is 0 Å². The van der Waals surface area contributed by atoms with Crippen LogP contribution >= 0.6 is 0 Å². The van der Waals surface area contributed by atoms with Gasteiger partial charge in [-0.05, 0) is 26.3 Å². The van der Waals surface area contributed by atoms with E-state index in [0.717, 1.165) is 5.56 Å². The molecule has 0 spiro atoms. The highest BCUT2D eigenvalue weighted by Crippen LogP contribution is 2.25. The first-order chi connectivity index (χ1) is 6.85. The first kappa shape index (κ1) is 11.8. The lowest BCUT2D eigenvalue weighted by molar-refractivity contribution is -0.133. The normalized spacial score (nSPS) is 11.3. The van der Waals surface area contributed by atoms with E-state index in [0.29, 0.717) is 0 Å². The van der Waals surface area contributed by atoms with Gasteiger partial charge in [0.1, 0.15) is 0 Å². The SMILES string of the molecule is Cc1ccc(C(C)(C)C(=O)N(C)C)cc1. The van der Waals surface area contributed by atoms with Gasteiger partial charge >= 0.3 is 0 Å². The van der Waals surface area contributed by atoms with Crippen molar-refractivity contribution < 1.29 is 4.79 Å². The van der Waals surface area contributed by atoms with Gasteiger partial charge in [0.2, 0.25) is 5.91 Å². The average molecular weight is 205 g/mol. The summed E-state index contributed by atoms with van der Waals surface area (Å²) in [6, 6.07) is 8.13. The number of aryl methyl sites for hydroxylation is 1. The third-order valence-corrected chi connectivity index (χ3v) is 2.71. The van der Waals surface area contributed by atoms with E-state index in [-0.39, 0.29) is 5.91 Å². The molecule has 15 heavy (non-hydrogen) atoms. The van der Waals surface area contributed by atoms with Crippen molar-refractivity contribution in [1.82, 2.24) is 4.90 Å². The fraction of sp³-hybridized carbons (Fsp3) is 0.462. The van der Waals surface area contributed by atoms with Gasteiger partial charge < -0.3 is 4.90 Å². The van der Waals surface area contributed by atoms with E-state index in [1.807, 2.05) is 45.0 Å². The summed E-state index contributed by atoms with van der Waals surface area (Å²) in [7, 11) is 3.58. The third-order valence-electron chi connectivity index (χ3n) is 2.71. The van der Waals surface area contributed by atoms with Gasteiger partial charge in [0.05, 0.1) is 5.41 Å². The highest BCUT2D eigenvalue weighted by Gasteiger charge is 2.30. The maximum absolute atomic E-state index is 12.0. The second-order valence-corrected chi connectivity index (χ2v) is 4.69. The van der Waals surface area contributed by atoms with Gasteiger partial charge in [0, 0.05) is 14.1 Å². The lowest BCUT2D eigenvalue weighted by Gasteiger charge is -2.27. The molecule has 1 aromatic rings. The molecule has 0 atom stereocenters. The molecule has 0 aliphatic heterocycles. The molecular weight excluding hydrogens is 186 g/mol. The fourth-order valence-corrected chi connectivity index (χ4v) is 1.65. The zero-order chi connectivity index (χ0) is 11.6. The van der Waals surface area contributed by atoms with Gasteiger partial charge in [-0.3, -0.25) is 4.79 Å². The maximum Gasteiger partial charge on any atom is 0.232 e. The number of benzene rings is 1. The van der Waals surface area contributed by atoms with Gasteiger partial charge in [-0.2, -0.15) is 0 Å². The van der Waals surface area contributed by atoms with Crippen molar-refractivity contribution in [3.8, 4) is 0 Å². The smallest absolute Gasteiger partial charge is 0.232 e. The number of likely N-dealkylation sites (N-methyl/N-ethyl adjacent to an activating group) is 1. The molecule has 0 aromatic heterocycles. The van der Waals surface area contributed by atoms with Crippen LogP contribution < -0.4 is 0 Å². The Bertz CT molecular complexity index is 349. The Morgan fingerprint density at radius 3 is 2.00 bits per heavy atom. The number of nitrogens with zero attached hydrogens (tertiary/aromatic N) is 1. The predicted octanol–water partition coefficient (Wildman–Crippen LogP) is 2.36. The van der Waals surface area contributed by atoms with E-state index in [9.17, 15) is 4.79 Å². The second kappa shape index (κ2) is 4.05. The van der Waals surface area contributed by atoms with E-state index in [1.54, 1.807) is 19.0 Å². The summed E-state index contributed by atoms with van der Waals surface area (Å²) in [6.07, 6.45) is 0.